The van der Waals surface area contributed by atoms with Gasteiger partial charge in [0.2, 0.25) is 5.91 Å². The Morgan fingerprint density at radius 1 is 1.13 bits per heavy atom. The van der Waals surface area contributed by atoms with Gasteiger partial charge in [0.25, 0.3) is 5.91 Å². The Bertz CT molecular complexity index is 989. The van der Waals surface area contributed by atoms with Crippen molar-refractivity contribution in [3.05, 3.63) is 77.2 Å². The van der Waals surface area contributed by atoms with Crippen LogP contribution in [0.2, 0.25) is 5.02 Å². The minimum absolute atomic E-state index is 0.0410. The summed E-state index contributed by atoms with van der Waals surface area (Å²) in [5.74, 6) is 0.0430. The van der Waals surface area contributed by atoms with Crippen LogP contribution in [0, 0.1) is 5.92 Å². The Morgan fingerprint density at radius 2 is 1.90 bits per heavy atom. The molecule has 0 spiro atoms. The van der Waals surface area contributed by atoms with Crippen LogP contribution in [-0.2, 0) is 11.3 Å². The molecule has 0 aliphatic rings. The number of carbonyl (C=O) groups is 2. The lowest BCUT2D eigenvalue weighted by Gasteiger charge is -2.24. The van der Waals surface area contributed by atoms with E-state index in [4.69, 9.17) is 11.6 Å². The van der Waals surface area contributed by atoms with Crippen molar-refractivity contribution in [2.75, 3.05) is 0 Å². The Labute approximate surface area is 180 Å². The van der Waals surface area contributed by atoms with Crippen LogP contribution in [0.1, 0.15) is 36.2 Å². The van der Waals surface area contributed by atoms with Gasteiger partial charge >= 0.3 is 0 Å². The first-order chi connectivity index (χ1) is 14.5. The summed E-state index contributed by atoms with van der Waals surface area (Å²) in [6, 6.07) is 11.4. The standard InChI is InChI=1S/C22H24ClN5O2/c1-3-15(2)19(27-21(29)16-7-9-18(23)10-8-16)22(30)25-14-17-6-4-11-24-20(17)28-13-5-12-26-28/h4-13,15,19H,3,14H2,1-2H3,(H,25,30)(H,27,29). The fourth-order valence-electron chi connectivity index (χ4n) is 2.99. The lowest BCUT2D eigenvalue weighted by atomic mass is 9.97. The van der Waals surface area contributed by atoms with E-state index >= 15 is 0 Å². The van der Waals surface area contributed by atoms with E-state index in [0.29, 0.717) is 16.4 Å². The van der Waals surface area contributed by atoms with Gasteiger partial charge in [-0.1, -0.05) is 37.9 Å². The van der Waals surface area contributed by atoms with Crippen molar-refractivity contribution < 1.29 is 9.59 Å². The predicted molar refractivity (Wildman–Crippen MR) is 115 cm³/mol. The molecule has 2 heterocycles. The molecular weight excluding hydrogens is 402 g/mol. The van der Waals surface area contributed by atoms with Crippen molar-refractivity contribution in [2.45, 2.75) is 32.9 Å². The smallest absolute Gasteiger partial charge is 0.251 e. The molecule has 0 saturated carbocycles. The number of nitrogens with zero attached hydrogens (tertiary/aromatic N) is 3. The molecule has 0 bridgehead atoms. The molecule has 2 atom stereocenters. The summed E-state index contributed by atoms with van der Waals surface area (Å²) < 4.78 is 1.65. The van der Waals surface area contributed by atoms with E-state index in [1.807, 2.05) is 32.0 Å². The number of hydrogen-bond acceptors (Lipinski definition) is 4. The minimum Gasteiger partial charge on any atom is -0.350 e. The zero-order valence-corrected chi connectivity index (χ0v) is 17.6. The Morgan fingerprint density at radius 3 is 2.57 bits per heavy atom. The molecule has 2 unspecified atom stereocenters. The van der Waals surface area contributed by atoms with E-state index in [0.717, 1.165) is 12.0 Å². The van der Waals surface area contributed by atoms with Crippen molar-refractivity contribution in [2.24, 2.45) is 5.92 Å². The first-order valence-corrected chi connectivity index (χ1v) is 10.2. The van der Waals surface area contributed by atoms with Gasteiger partial charge in [-0.05, 0) is 42.3 Å². The number of pyridine rings is 1. The zero-order chi connectivity index (χ0) is 21.5. The summed E-state index contributed by atoms with van der Waals surface area (Å²) in [6.07, 6.45) is 5.88. The summed E-state index contributed by atoms with van der Waals surface area (Å²) in [6.45, 7) is 4.19. The van der Waals surface area contributed by atoms with Gasteiger partial charge in [0.1, 0.15) is 6.04 Å². The molecule has 0 saturated heterocycles. The first kappa shape index (κ1) is 21.5. The third-order valence-corrected chi connectivity index (χ3v) is 5.18. The summed E-state index contributed by atoms with van der Waals surface area (Å²) in [7, 11) is 0. The normalized spacial score (nSPS) is 12.8. The molecule has 30 heavy (non-hydrogen) atoms. The van der Waals surface area contributed by atoms with E-state index < -0.39 is 6.04 Å². The SMILES string of the molecule is CCC(C)C(NC(=O)c1ccc(Cl)cc1)C(=O)NCc1cccnc1-n1cccn1. The maximum absolute atomic E-state index is 12.9. The number of aromatic nitrogens is 3. The zero-order valence-electron chi connectivity index (χ0n) is 16.9. The maximum atomic E-state index is 12.9. The molecule has 0 aliphatic heterocycles. The van der Waals surface area contributed by atoms with Crippen molar-refractivity contribution >= 4 is 23.4 Å². The number of amides is 2. The lowest BCUT2D eigenvalue weighted by Crippen LogP contribution is -2.50. The minimum atomic E-state index is -0.664. The van der Waals surface area contributed by atoms with Gasteiger partial charge in [-0.15, -0.1) is 0 Å². The van der Waals surface area contributed by atoms with Gasteiger partial charge in [0.05, 0.1) is 0 Å². The van der Waals surface area contributed by atoms with Crippen molar-refractivity contribution in [1.29, 1.82) is 0 Å². The van der Waals surface area contributed by atoms with Crippen molar-refractivity contribution in [3.8, 4) is 5.82 Å². The molecule has 7 nitrogen and oxygen atoms in total. The van der Waals surface area contributed by atoms with Crippen LogP contribution in [0.4, 0.5) is 0 Å². The second kappa shape index (κ2) is 10.0. The third-order valence-electron chi connectivity index (χ3n) is 4.93. The highest BCUT2D eigenvalue weighted by Gasteiger charge is 2.26. The molecule has 0 aliphatic carbocycles. The highest BCUT2D eigenvalue weighted by molar-refractivity contribution is 6.30. The third kappa shape index (κ3) is 5.24. The fraction of sp³-hybridized carbons (Fsp3) is 0.273. The van der Waals surface area contributed by atoms with E-state index in [1.165, 1.54) is 0 Å². The predicted octanol–water partition coefficient (Wildman–Crippen LogP) is 3.38. The van der Waals surface area contributed by atoms with Gasteiger partial charge in [0.15, 0.2) is 5.82 Å². The maximum Gasteiger partial charge on any atom is 0.251 e. The monoisotopic (exact) mass is 425 g/mol. The molecule has 3 aromatic rings. The molecule has 156 valence electrons. The van der Waals surface area contributed by atoms with E-state index in [1.54, 1.807) is 47.5 Å². The molecule has 2 N–H and O–H groups in total. The number of nitrogens with one attached hydrogen (secondary N) is 2. The van der Waals surface area contributed by atoms with Gasteiger partial charge in [-0.25, -0.2) is 9.67 Å². The molecule has 2 amide bonds. The molecule has 8 heteroatoms. The largest absolute Gasteiger partial charge is 0.350 e. The van der Waals surface area contributed by atoms with Crippen LogP contribution < -0.4 is 10.6 Å². The Balaban J connectivity index is 1.71. The molecule has 0 radical (unpaired) electrons. The number of benzene rings is 1. The van der Waals surface area contributed by atoms with E-state index in [-0.39, 0.29) is 24.3 Å². The van der Waals surface area contributed by atoms with Gasteiger partial charge in [-0.2, -0.15) is 5.10 Å². The number of halogens is 1. The summed E-state index contributed by atoms with van der Waals surface area (Å²) in [4.78, 5) is 29.9. The lowest BCUT2D eigenvalue weighted by molar-refractivity contribution is -0.124. The molecule has 2 aromatic heterocycles. The fourth-order valence-corrected chi connectivity index (χ4v) is 3.11. The van der Waals surface area contributed by atoms with E-state index in [9.17, 15) is 9.59 Å². The average Bonchev–Trinajstić information content (AvgIpc) is 3.30. The van der Waals surface area contributed by atoms with Crippen LogP contribution in [0.3, 0.4) is 0 Å². The molecule has 3 rings (SSSR count). The summed E-state index contributed by atoms with van der Waals surface area (Å²) >= 11 is 5.89. The van der Waals surface area contributed by atoms with Crippen LogP contribution in [-0.4, -0.2) is 32.6 Å². The number of rotatable bonds is 8. The van der Waals surface area contributed by atoms with Crippen LogP contribution in [0.15, 0.2) is 61.1 Å². The first-order valence-electron chi connectivity index (χ1n) is 9.77. The Kier molecular flexibility index (Phi) is 7.19. The molecule has 1 aromatic carbocycles. The van der Waals surface area contributed by atoms with Gasteiger partial charge < -0.3 is 10.6 Å². The average molecular weight is 426 g/mol. The second-order valence-electron chi connectivity index (χ2n) is 7.00. The van der Waals surface area contributed by atoms with E-state index in [2.05, 4.69) is 20.7 Å². The summed E-state index contributed by atoms with van der Waals surface area (Å²) in [5, 5.41) is 10.5. The van der Waals surface area contributed by atoms with Crippen molar-refractivity contribution in [1.82, 2.24) is 25.4 Å². The van der Waals surface area contributed by atoms with Crippen LogP contribution in [0.5, 0.6) is 0 Å². The highest BCUT2D eigenvalue weighted by Crippen LogP contribution is 2.14. The Hall–Kier alpha value is -3.19. The number of carbonyl (C=O) groups excluding carboxylic acids is 2. The second-order valence-corrected chi connectivity index (χ2v) is 7.43. The van der Waals surface area contributed by atoms with Crippen molar-refractivity contribution in [3.63, 3.8) is 0 Å². The van der Waals surface area contributed by atoms with Gasteiger partial charge in [-0.3, -0.25) is 9.59 Å². The topological polar surface area (TPSA) is 88.9 Å². The highest BCUT2D eigenvalue weighted by atomic mass is 35.5. The van der Waals surface area contributed by atoms with Crippen LogP contribution in [0.25, 0.3) is 5.82 Å². The van der Waals surface area contributed by atoms with Crippen LogP contribution >= 0.6 is 11.6 Å². The quantitative estimate of drug-likeness (QED) is 0.579. The number of hydrogen-bond donors (Lipinski definition) is 2. The molecular formula is C22H24ClN5O2. The molecule has 0 fully saturated rings. The van der Waals surface area contributed by atoms with Gasteiger partial charge in [0, 0.05) is 41.3 Å². The summed E-state index contributed by atoms with van der Waals surface area (Å²) in [5.41, 5.74) is 1.27.